The summed E-state index contributed by atoms with van der Waals surface area (Å²) in [6, 6.07) is 1.48. The Morgan fingerprint density at radius 3 is 2.28 bits per heavy atom. The molecule has 18 heavy (non-hydrogen) atoms. The Morgan fingerprint density at radius 1 is 1.17 bits per heavy atom. The van der Waals surface area contributed by atoms with Crippen LogP contribution in [0.5, 0.6) is 0 Å². The minimum Gasteiger partial charge on any atom is -0.314 e. The van der Waals surface area contributed by atoms with Crippen LogP contribution in [0.2, 0.25) is 0 Å². The third-order valence-electron chi connectivity index (χ3n) is 4.24. The quantitative estimate of drug-likeness (QED) is 0.671. The third-order valence-corrected chi connectivity index (χ3v) is 4.24. The van der Waals surface area contributed by atoms with Gasteiger partial charge in [-0.1, -0.05) is 13.8 Å². The fourth-order valence-electron chi connectivity index (χ4n) is 2.77. The molecule has 1 rings (SSSR count). The van der Waals surface area contributed by atoms with Crippen molar-refractivity contribution in [2.75, 3.05) is 39.3 Å². The van der Waals surface area contributed by atoms with Gasteiger partial charge in [0.05, 0.1) is 0 Å². The zero-order valence-corrected chi connectivity index (χ0v) is 12.9. The lowest BCUT2D eigenvalue weighted by Crippen LogP contribution is -2.45. The van der Waals surface area contributed by atoms with Crippen molar-refractivity contribution >= 4 is 0 Å². The molecule has 0 aromatic heterocycles. The summed E-state index contributed by atoms with van der Waals surface area (Å²) in [4.78, 5) is 5.09. The van der Waals surface area contributed by atoms with E-state index in [1.807, 2.05) is 0 Å². The Balaban J connectivity index is 2.04. The summed E-state index contributed by atoms with van der Waals surface area (Å²) < 4.78 is 0. The van der Waals surface area contributed by atoms with E-state index in [2.05, 4.69) is 42.8 Å². The Labute approximate surface area is 114 Å². The van der Waals surface area contributed by atoms with Crippen molar-refractivity contribution in [1.82, 2.24) is 15.1 Å². The molecule has 1 fully saturated rings. The largest absolute Gasteiger partial charge is 0.314 e. The molecule has 1 aliphatic rings. The molecule has 1 N–H and O–H groups in total. The molecule has 0 atom stereocenters. The predicted octanol–water partition coefficient (Wildman–Crippen LogP) is 2.18. The van der Waals surface area contributed by atoms with Crippen molar-refractivity contribution in [3.63, 3.8) is 0 Å². The maximum Gasteiger partial charge on any atom is 0.00914 e. The van der Waals surface area contributed by atoms with Gasteiger partial charge in [0.1, 0.15) is 0 Å². The summed E-state index contributed by atoms with van der Waals surface area (Å²) >= 11 is 0. The van der Waals surface area contributed by atoms with Crippen molar-refractivity contribution in [3.8, 4) is 0 Å². The van der Waals surface area contributed by atoms with Gasteiger partial charge in [-0.15, -0.1) is 0 Å². The second-order valence-electron chi connectivity index (χ2n) is 5.74. The first-order valence-electron chi connectivity index (χ1n) is 7.87. The lowest BCUT2D eigenvalue weighted by atomic mass is 10.0. The van der Waals surface area contributed by atoms with Crippen LogP contribution in [0.1, 0.15) is 47.0 Å². The third kappa shape index (κ3) is 5.68. The zero-order chi connectivity index (χ0) is 13.4. The summed E-state index contributed by atoms with van der Waals surface area (Å²) in [7, 11) is 0. The molecule has 0 aliphatic carbocycles. The van der Waals surface area contributed by atoms with Crippen LogP contribution in [0, 0.1) is 0 Å². The zero-order valence-electron chi connectivity index (χ0n) is 12.9. The molecule has 0 unspecified atom stereocenters. The fraction of sp³-hybridized carbons (Fsp3) is 1.00. The van der Waals surface area contributed by atoms with E-state index in [0.717, 1.165) is 6.04 Å². The van der Waals surface area contributed by atoms with Gasteiger partial charge in [0.25, 0.3) is 0 Å². The average molecular weight is 255 g/mol. The highest BCUT2D eigenvalue weighted by molar-refractivity contribution is 4.78. The van der Waals surface area contributed by atoms with E-state index in [1.165, 1.54) is 58.5 Å². The standard InChI is InChI=1S/C15H33N3/c1-5-17(6-2)11-7-10-16-15-8-12-18(13-9-15)14(3)4/h14-16H,5-13H2,1-4H3. The number of nitrogens with zero attached hydrogens (tertiary/aromatic N) is 2. The first-order chi connectivity index (χ1) is 8.67. The SMILES string of the molecule is CCN(CC)CCCNC1CCN(C(C)C)CC1. The van der Waals surface area contributed by atoms with Crippen molar-refractivity contribution in [3.05, 3.63) is 0 Å². The van der Waals surface area contributed by atoms with E-state index in [-0.39, 0.29) is 0 Å². The molecule has 0 spiro atoms. The molecule has 0 aromatic carbocycles. The summed E-state index contributed by atoms with van der Waals surface area (Å²) in [6.07, 6.45) is 3.93. The summed E-state index contributed by atoms with van der Waals surface area (Å²) in [5.41, 5.74) is 0. The van der Waals surface area contributed by atoms with Crippen LogP contribution in [0.25, 0.3) is 0 Å². The van der Waals surface area contributed by atoms with E-state index in [1.54, 1.807) is 0 Å². The fourth-order valence-corrected chi connectivity index (χ4v) is 2.77. The van der Waals surface area contributed by atoms with Crippen LogP contribution in [0.4, 0.5) is 0 Å². The molecule has 0 radical (unpaired) electrons. The Hall–Kier alpha value is -0.120. The van der Waals surface area contributed by atoms with Gasteiger partial charge in [0.15, 0.2) is 0 Å². The van der Waals surface area contributed by atoms with Crippen molar-refractivity contribution in [2.45, 2.75) is 59.0 Å². The second kappa shape index (κ2) is 8.89. The molecule has 1 aliphatic heterocycles. The first-order valence-corrected chi connectivity index (χ1v) is 7.87. The van der Waals surface area contributed by atoms with Crippen LogP contribution < -0.4 is 5.32 Å². The molecular formula is C15H33N3. The number of rotatable bonds is 8. The van der Waals surface area contributed by atoms with Crippen molar-refractivity contribution in [2.24, 2.45) is 0 Å². The van der Waals surface area contributed by atoms with Crippen LogP contribution >= 0.6 is 0 Å². The van der Waals surface area contributed by atoms with Gasteiger partial charge in [-0.05, 0) is 72.4 Å². The topological polar surface area (TPSA) is 18.5 Å². The molecule has 0 aromatic rings. The summed E-state index contributed by atoms with van der Waals surface area (Å²) in [5, 5.41) is 3.73. The maximum absolute atomic E-state index is 3.73. The van der Waals surface area contributed by atoms with Crippen LogP contribution in [-0.2, 0) is 0 Å². The first kappa shape index (κ1) is 15.9. The van der Waals surface area contributed by atoms with Gasteiger partial charge in [-0.3, -0.25) is 0 Å². The van der Waals surface area contributed by atoms with Crippen LogP contribution in [0.15, 0.2) is 0 Å². The highest BCUT2D eigenvalue weighted by Gasteiger charge is 2.19. The van der Waals surface area contributed by atoms with E-state index >= 15 is 0 Å². The highest BCUT2D eigenvalue weighted by atomic mass is 15.2. The minimum atomic E-state index is 0.716. The minimum absolute atomic E-state index is 0.716. The maximum atomic E-state index is 3.73. The predicted molar refractivity (Wildman–Crippen MR) is 80.1 cm³/mol. The summed E-state index contributed by atoms with van der Waals surface area (Å²) in [6.45, 7) is 16.4. The van der Waals surface area contributed by atoms with E-state index < -0.39 is 0 Å². The van der Waals surface area contributed by atoms with E-state index in [4.69, 9.17) is 0 Å². The molecule has 0 bridgehead atoms. The van der Waals surface area contributed by atoms with Crippen molar-refractivity contribution < 1.29 is 0 Å². The van der Waals surface area contributed by atoms with Gasteiger partial charge in [-0.2, -0.15) is 0 Å². The number of likely N-dealkylation sites (tertiary alicyclic amines) is 1. The molecular weight excluding hydrogens is 222 g/mol. The molecule has 3 nitrogen and oxygen atoms in total. The lowest BCUT2D eigenvalue weighted by molar-refractivity contribution is 0.160. The normalized spacial score (nSPS) is 19.0. The number of hydrogen-bond acceptors (Lipinski definition) is 3. The van der Waals surface area contributed by atoms with E-state index in [9.17, 15) is 0 Å². The Morgan fingerprint density at radius 2 is 1.78 bits per heavy atom. The second-order valence-corrected chi connectivity index (χ2v) is 5.74. The van der Waals surface area contributed by atoms with Gasteiger partial charge in [0, 0.05) is 12.1 Å². The van der Waals surface area contributed by atoms with Gasteiger partial charge >= 0.3 is 0 Å². The Kier molecular flexibility index (Phi) is 7.87. The molecule has 0 amide bonds. The Bertz CT molecular complexity index is 194. The average Bonchev–Trinajstić information content (AvgIpc) is 2.39. The van der Waals surface area contributed by atoms with E-state index in [0.29, 0.717) is 6.04 Å². The molecule has 108 valence electrons. The molecule has 0 saturated carbocycles. The number of nitrogens with one attached hydrogen (secondary N) is 1. The molecule has 1 saturated heterocycles. The molecule has 3 heteroatoms. The monoisotopic (exact) mass is 255 g/mol. The number of hydrogen-bond donors (Lipinski definition) is 1. The highest BCUT2D eigenvalue weighted by Crippen LogP contribution is 2.12. The van der Waals surface area contributed by atoms with Crippen LogP contribution in [-0.4, -0.2) is 61.2 Å². The lowest BCUT2D eigenvalue weighted by Gasteiger charge is -2.35. The van der Waals surface area contributed by atoms with Gasteiger partial charge in [0.2, 0.25) is 0 Å². The van der Waals surface area contributed by atoms with Crippen molar-refractivity contribution in [1.29, 1.82) is 0 Å². The van der Waals surface area contributed by atoms with Crippen LogP contribution in [0.3, 0.4) is 0 Å². The number of piperidine rings is 1. The molecule has 1 heterocycles. The van der Waals surface area contributed by atoms with Gasteiger partial charge in [-0.25, -0.2) is 0 Å². The smallest absolute Gasteiger partial charge is 0.00914 e. The van der Waals surface area contributed by atoms with Gasteiger partial charge < -0.3 is 15.1 Å². The summed E-state index contributed by atoms with van der Waals surface area (Å²) in [5.74, 6) is 0.